The van der Waals surface area contributed by atoms with Crippen molar-refractivity contribution in [2.45, 2.75) is 12.5 Å². The minimum absolute atomic E-state index is 0. The van der Waals surface area contributed by atoms with Crippen LogP contribution in [0.3, 0.4) is 0 Å². The van der Waals surface area contributed by atoms with Gasteiger partial charge < -0.3 is 18.7 Å². The molecule has 2 aromatic rings. The molecule has 0 fully saturated rings. The number of rotatable bonds is 3. The Labute approximate surface area is 112 Å². The number of para-hydroxylation sites is 1. The number of carboxylic acids is 1. The Morgan fingerprint density at radius 1 is 1.50 bits per heavy atom. The van der Waals surface area contributed by atoms with E-state index in [9.17, 15) is 4.79 Å². The van der Waals surface area contributed by atoms with Crippen molar-refractivity contribution >= 4 is 39.9 Å². The molecular weight excluding hydrogens is 216 g/mol. The van der Waals surface area contributed by atoms with Gasteiger partial charge in [-0.05, 0) is 11.6 Å². The van der Waals surface area contributed by atoms with Crippen molar-refractivity contribution in [1.29, 1.82) is 0 Å². The summed E-state index contributed by atoms with van der Waals surface area (Å²) in [5.41, 5.74) is 7.43. The van der Waals surface area contributed by atoms with Crippen LogP contribution >= 0.6 is 0 Å². The van der Waals surface area contributed by atoms with E-state index in [1.165, 1.54) is 0 Å². The van der Waals surface area contributed by atoms with Gasteiger partial charge >= 0.3 is 29.0 Å². The zero-order valence-corrected chi connectivity index (χ0v) is 10.2. The van der Waals surface area contributed by atoms with Crippen molar-refractivity contribution in [3.05, 3.63) is 36.0 Å². The zero-order chi connectivity index (χ0) is 10.8. The van der Waals surface area contributed by atoms with Crippen molar-refractivity contribution in [2.75, 3.05) is 0 Å². The maximum Gasteiger partial charge on any atom is 2.00 e. The summed E-state index contributed by atoms with van der Waals surface area (Å²) in [6.07, 6.45) is 2.16. The number of H-pyrrole nitrogens is 1. The van der Waals surface area contributed by atoms with Crippen LogP contribution in [0.25, 0.3) is 10.9 Å². The summed E-state index contributed by atoms with van der Waals surface area (Å²) in [5, 5.41) is 9.75. The number of carbonyl (C=O) groups is 1. The molecule has 0 amide bonds. The number of nitrogens with two attached hydrogens (primary N) is 1. The molecule has 0 saturated carbocycles. The average molecular weight is 231 g/mol. The van der Waals surface area contributed by atoms with Gasteiger partial charge in [0.15, 0.2) is 0 Å². The molecule has 1 aromatic carbocycles. The summed E-state index contributed by atoms with van der Waals surface area (Å²) < 4.78 is 0. The molecule has 0 radical (unpaired) electrons. The van der Waals surface area contributed by atoms with Gasteiger partial charge in [-0.3, -0.25) is 4.79 Å². The standard InChI is InChI=1S/C11H12N2O2.Mg.2H/c12-9(11(14)15)5-7-6-13-10-4-2-1-3-8(7)10;;;/h1-4,6,9,13H,5,12H2,(H,14,15);;;/q;+2;2*-1/t9-;;;/m0.../s1. The van der Waals surface area contributed by atoms with Crippen molar-refractivity contribution in [3.8, 4) is 0 Å². The second-order valence-corrected chi connectivity index (χ2v) is 3.51. The van der Waals surface area contributed by atoms with Crippen molar-refractivity contribution in [3.63, 3.8) is 0 Å². The summed E-state index contributed by atoms with van der Waals surface area (Å²) in [4.78, 5) is 13.7. The topological polar surface area (TPSA) is 79.1 Å². The SMILES string of the molecule is N[C@@H](Cc1c[nH]c2ccccc12)C(=O)O.[H-].[H-].[Mg+2]. The number of benzene rings is 1. The van der Waals surface area contributed by atoms with E-state index in [0.717, 1.165) is 16.5 Å². The number of nitrogens with one attached hydrogen (secondary N) is 1. The van der Waals surface area contributed by atoms with E-state index in [-0.39, 0.29) is 25.9 Å². The molecule has 4 N–H and O–H groups in total. The number of hydrogen-bond donors (Lipinski definition) is 3. The second kappa shape index (κ2) is 5.33. The molecule has 1 aromatic heterocycles. The first-order chi connectivity index (χ1) is 7.18. The fraction of sp³-hybridized carbons (Fsp3) is 0.182. The molecule has 0 saturated heterocycles. The molecule has 0 unspecified atom stereocenters. The summed E-state index contributed by atoms with van der Waals surface area (Å²) >= 11 is 0. The van der Waals surface area contributed by atoms with E-state index in [0.29, 0.717) is 6.42 Å². The molecule has 0 bridgehead atoms. The Balaban J connectivity index is 0. The molecule has 82 valence electrons. The van der Waals surface area contributed by atoms with Crippen LogP contribution in [0.2, 0.25) is 0 Å². The van der Waals surface area contributed by atoms with Gasteiger partial charge in [0.2, 0.25) is 0 Å². The predicted molar refractivity (Wildman–Crippen MR) is 65.6 cm³/mol. The maximum absolute atomic E-state index is 10.6. The fourth-order valence-corrected chi connectivity index (χ4v) is 1.62. The van der Waals surface area contributed by atoms with E-state index in [2.05, 4.69) is 4.98 Å². The number of aliphatic carboxylic acids is 1. The number of carboxylic acid groups (broad SMARTS) is 1. The van der Waals surface area contributed by atoms with Gasteiger partial charge in [0, 0.05) is 23.5 Å². The first-order valence-corrected chi connectivity index (χ1v) is 4.72. The molecular formula is C11H14MgN2O2. The summed E-state index contributed by atoms with van der Waals surface area (Å²) in [6, 6.07) is 6.91. The largest absolute Gasteiger partial charge is 2.00 e. The Hall–Kier alpha value is -1.04. The van der Waals surface area contributed by atoms with Crippen LogP contribution in [0.15, 0.2) is 30.5 Å². The monoisotopic (exact) mass is 230 g/mol. The number of aromatic amines is 1. The van der Waals surface area contributed by atoms with Crippen LogP contribution in [0.1, 0.15) is 8.42 Å². The minimum atomic E-state index is -0.972. The van der Waals surface area contributed by atoms with Crippen molar-refractivity contribution in [1.82, 2.24) is 4.98 Å². The molecule has 0 spiro atoms. The zero-order valence-electron chi connectivity index (χ0n) is 10.8. The molecule has 1 heterocycles. The van der Waals surface area contributed by atoms with Crippen LogP contribution in [0, 0.1) is 0 Å². The number of aromatic nitrogens is 1. The van der Waals surface area contributed by atoms with Gasteiger partial charge in [-0.15, -0.1) is 0 Å². The molecule has 0 aliphatic rings. The number of fused-ring (bicyclic) bond motifs is 1. The molecule has 1 atom stereocenters. The van der Waals surface area contributed by atoms with Crippen LogP contribution in [-0.4, -0.2) is 45.2 Å². The number of hydrogen-bond acceptors (Lipinski definition) is 2. The Kier molecular flexibility index (Phi) is 4.34. The Morgan fingerprint density at radius 2 is 2.19 bits per heavy atom. The van der Waals surface area contributed by atoms with Crippen LogP contribution < -0.4 is 5.73 Å². The molecule has 4 nitrogen and oxygen atoms in total. The van der Waals surface area contributed by atoms with Gasteiger partial charge in [0.25, 0.3) is 0 Å². The average Bonchev–Trinajstić information content (AvgIpc) is 2.62. The van der Waals surface area contributed by atoms with E-state index < -0.39 is 12.0 Å². The van der Waals surface area contributed by atoms with Crippen LogP contribution in [0.4, 0.5) is 0 Å². The van der Waals surface area contributed by atoms with E-state index >= 15 is 0 Å². The van der Waals surface area contributed by atoms with Gasteiger partial charge in [-0.2, -0.15) is 0 Å². The van der Waals surface area contributed by atoms with Crippen LogP contribution in [0.5, 0.6) is 0 Å². The quantitative estimate of drug-likeness (QED) is 0.688. The van der Waals surface area contributed by atoms with E-state index in [1.54, 1.807) is 0 Å². The van der Waals surface area contributed by atoms with Gasteiger partial charge in [-0.25, -0.2) is 0 Å². The third kappa shape index (κ3) is 2.55. The van der Waals surface area contributed by atoms with Crippen molar-refractivity contribution < 1.29 is 12.8 Å². The van der Waals surface area contributed by atoms with Crippen LogP contribution in [-0.2, 0) is 11.2 Å². The predicted octanol–water partition coefficient (Wildman–Crippen LogP) is 0.967. The summed E-state index contributed by atoms with van der Waals surface area (Å²) in [5.74, 6) is -0.972. The Morgan fingerprint density at radius 3 is 2.88 bits per heavy atom. The normalized spacial score (nSPS) is 12.1. The summed E-state index contributed by atoms with van der Waals surface area (Å²) in [7, 11) is 0. The fourth-order valence-electron chi connectivity index (χ4n) is 1.62. The first-order valence-electron chi connectivity index (χ1n) is 4.72. The second-order valence-electron chi connectivity index (χ2n) is 3.51. The minimum Gasteiger partial charge on any atom is -1.00 e. The van der Waals surface area contributed by atoms with E-state index in [4.69, 9.17) is 10.8 Å². The van der Waals surface area contributed by atoms with Gasteiger partial charge in [0.1, 0.15) is 6.04 Å². The smallest absolute Gasteiger partial charge is 1.00 e. The first kappa shape index (κ1) is 13.0. The third-order valence-electron chi connectivity index (χ3n) is 2.43. The molecule has 16 heavy (non-hydrogen) atoms. The van der Waals surface area contributed by atoms with Gasteiger partial charge in [0.05, 0.1) is 0 Å². The summed E-state index contributed by atoms with van der Waals surface area (Å²) in [6.45, 7) is 0. The maximum atomic E-state index is 10.6. The van der Waals surface area contributed by atoms with Gasteiger partial charge in [-0.1, -0.05) is 18.2 Å². The molecule has 5 heteroatoms. The van der Waals surface area contributed by atoms with E-state index in [1.807, 2.05) is 30.5 Å². The van der Waals surface area contributed by atoms with Crippen molar-refractivity contribution in [2.24, 2.45) is 5.73 Å². The molecule has 0 aliphatic carbocycles. The third-order valence-corrected chi connectivity index (χ3v) is 2.43. The Bertz CT molecular complexity index is 505. The molecule has 0 aliphatic heterocycles. The molecule has 2 rings (SSSR count).